The molecule has 2 N–H and O–H groups in total. The fourth-order valence-corrected chi connectivity index (χ4v) is 3.63. The van der Waals surface area contributed by atoms with Crippen molar-refractivity contribution in [1.29, 1.82) is 0 Å². The Morgan fingerprint density at radius 3 is 2.88 bits per heavy atom. The second-order valence-electron chi connectivity index (χ2n) is 6.02. The van der Waals surface area contributed by atoms with Gasteiger partial charge in [-0.25, -0.2) is 0 Å². The van der Waals surface area contributed by atoms with Gasteiger partial charge in [-0.3, -0.25) is 4.98 Å². The second-order valence-corrected chi connectivity index (χ2v) is 6.40. The number of ether oxygens (including phenoxy) is 1. The van der Waals surface area contributed by atoms with Gasteiger partial charge in [-0.2, -0.15) is 0 Å². The maximum absolute atomic E-state index is 9.26. The fourth-order valence-electron chi connectivity index (χ4n) is 3.30. The second kappa shape index (κ2) is 8.42. The first-order valence-corrected chi connectivity index (χ1v) is 8.90. The molecule has 3 rings (SSSR count). The van der Waals surface area contributed by atoms with E-state index in [2.05, 4.69) is 32.0 Å². The monoisotopic (exact) mass is 360 g/mol. The Labute approximate surface area is 153 Å². The van der Waals surface area contributed by atoms with Crippen molar-refractivity contribution < 1.29 is 9.84 Å². The first kappa shape index (κ1) is 17.8. The van der Waals surface area contributed by atoms with E-state index in [-0.39, 0.29) is 18.7 Å². The molecule has 2 atom stereocenters. The third-order valence-electron chi connectivity index (χ3n) is 4.46. The lowest BCUT2D eigenvalue weighted by Crippen LogP contribution is -2.32. The zero-order valence-corrected chi connectivity index (χ0v) is 15.2. The Morgan fingerprint density at radius 1 is 1.28 bits per heavy atom. The lowest BCUT2D eigenvalue weighted by molar-refractivity contribution is 0.183. The average molecular weight is 360 g/mol. The summed E-state index contributed by atoms with van der Waals surface area (Å²) < 4.78 is 7.44. The molecule has 1 aliphatic rings. The Bertz CT molecular complexity index is 691. The number of methoxy groups -OCH3 is 1. The van der Waals surface area contributed by atoms with E-state index in [1.807, 2.05) is 24.3 Å². The van der Waals surface area contributed by atoms with Crippen LogP contribution in [0.15, 0.2) is 42.7 Å². The quantitative estimate of drug-likeness (QED) is 0.701. The van der Waals surface area contributed by atoms with E-state index in [1.54, 1.807) is 13.3 Å². The predicted octanol–water partition coefficient (Wildman–Crippen LogP) is 1.88. The average Bonchev–Trinajstić information content (AvgIpc) is 3.22. The Balaban J connectivity index is 1.96. The van der Waals surface area contributed by atoms with Crippen molar-refractivity contribution in [3.05, 3.63) is 54.1 Å². The van der Waals surface area contributed by atoms with Gasteiger partial charge in [0.1, 0.15) is 0 Å². The minimum absolute atomic E-state index is 0.0245. The number of aliphatic hydroxyl groups is 1. The van der Waals surface area contributed by atoms with Gasteiger partial charge >= 0.3 is 0 Å². The Morgan fingerprint density at radius 2 is 2.16 bits per heavy atom. The van der Waals surface area contributed by atoms with Crippen LogP contribution >= 0.6 is 12.2 Å². The highest BCUT2D eigenvalue weighted by Crippen LogP contribution is 2.38. The number of aromatic nitrogens is 2. The topological polar surface area (TPSA) is 62.5 Å². The lowest BCUT2D eigenvalue weighted by Gasteiger charge is -2.28. The summed E-state index contributed by atoms with van der Waals surface area (Å²) in [7, 11) is 1.71. The van der Waals surface area contributed by atoms with E-state index in [1.165, 1.54) is 0 Å². The van der Waals surface area contributed by atoms with E-state index in [0.29, 0.717) is 24.7 Å². The van der Waals surface area contributed by atoms with Gasteiger partial charge in [-0.1, -0.05) is 6.07 Å². The molecule has 0 radical (unpaired) electrons. The first-order chi connectivity index (χ1) is 12.3. The van der Waals surface area contributed by atoms with Crippen molar-refractivity contribution in [2.45, 2.75) is 25.0 Å². The predicted molar refractivity (Wildman–Crippen MR) is 100 cm³/mol. The number of thiocarbonyl (C=S) groups is 1. The molecule has 2 aromatic heterocycles. The van der Waals surface area contributed by atoms with Crippen LogP contribution in [0.2, 0.25) is 0 Å². The van der Waals surface area contributed by atoms with E-state index >= 15 is 0 Å². The molecule has 0 aliphatic carbocycles. The van der Waals surface area contributed by atoms with Gasteiger partial charge in [0.15, 0.2) is 5.11 Å². The molecule has 3 heterocycles. The Kier molecular flexibility index (Phi) is 6.01. The smallest absolute Gasteiger partial charge is 0.170 e. The standard InChI is InChI=1S/C18H24N4O2S/c1-24-13-11-21-9-4-7-15(21)17-16(14-6-2-3-8-19-14)20-18(25)22(17)10-5-12-23/h2-4,6-9,16-17,23H,5,10-13H2,1H3,(H,20,25)/t16-,17+/m0/s1. The molecule has 0 saturated carbocycles. The van der Waals surface area contributed by atoms with Gasteiger partial charge in [-0.05, 0) is 42.9 Å². The maximum Gasteiger partial charge on any atom is 0.170 e. The highest BCUT2D eigenvalue weighted by atomic mass is 32.1. The molecule has 2 aromatic rings. The molecule has 0 aromatic carbocycles. The van der Waals surface area contributed by atoms with Gasteiger partial charge in [0.05, 0.1) is 24.4 Å². The van der Waals surface area contributed by atoms with Gasteiger partial charge in [-0.15, -0.1) is 0 Å². The fraction of sp³-hybridized carbons (Fsp3) is 0.444. The van der Waals surface area contributed by atoms with Gasteiger partial charge in [0.2, 0.25) is 0 Å². The molecule has 7 heteroatoms. The number of hydrogen-bond donors (Lipinski definition) is 2. The summed E-state index contributed by atoms with van der Waals surface area (Å²) in [6.07, 6.45) is 4.54. The molecular weight excluding hydrogens is 336 g/mol. The number of nitrogens with zero attached hydrogens (tertiary/aromatic N) is 3. The molecule has 0 unspecified atom stereocenters. The van der Waals surface area contributed by atoms with Crippen LogP contribution in [0.1, 0.15) is 29.9 Å². The molecule has 0 bridgehead atoms. The summed E-state index contributed by atoms with van der Waals surface area (Å²) in [5.41, 5.74) is 2.12. The summed E-state index contributed by atoms with van der Waals surface area (Å²) >= 11 is 5.58. The molecule has 25 heavy (non-hydrogen) atoms. The minimum atomic E-state index is -0.0245. The highest BCUT2D eigenvalue weighted by Gasteiger charge is 2.40. The van der Waals surface area contributed by atoms with Crippen molar-refractivity contribution in [3.8, 4) is 0 Å². The van der Waals surface area contributed by atoms with Gasteiger partial charge < -0.3 is 24.6 Å². The number of nitrogens with one attached hydrogen (secondary N) is 1. The van der Waals surface area contributed by atoms with Crippen LogP contribution in [0.25, 0.3) is 0 Å². The largest absolute Gasteiger partial charge is 0.396 e. The highest BCUT2D eigenvalue weighted by molar-refractivity contribution is 7.80. The number of aliphatic hydroxyl groups excluding tert-OH is 1. The summed E-state index contributed by atoms with van der Waals surface area (Å²) in [4.78, 5) is 6.69. The van der Waals surface area contributed by atoms with E-state index in [9.17, 15) is 5.11 Å². The third-order valence-corrected chi connectivity index (χ3v) is 4.81. The minimum Gasteiger partial charge on any atom is -0.396 e. The van der Waals surface area contributed by atoms with Crippen molar-refractivity contribution in [3.63, 3.8) is 0 Å². The van der Waals surface area contributed by atoms with E-state index in [0.717, 1.165) is 17.9 Å². The molecule has 6 nitrogen and oxygen atoms in total. The molecule has 1 fully saturated rings. The van der Waals surface area contributed by atoms with Crippen molar-refractivity contribution >= 4 is 17.3 Å². The van der Waals surface area contributed by atoms with Crippen LogP contribution in [0.5, 0.6) is 0 Å². The number of rotatable bonds is 8. The number of pyridine rings is 1. The van der Waals surface area contributed by atoms with Crippen LogP contribution in [0.4, 0.5) is 0 Å². The van der Waals surface area contributed by atoms with Crippen molar-refractivity contribution in [2.24, 2.45) is 0 Å². The SMILES string of the molecule is COCCn1cccc1[C@@H]1[C@H](c2ccccn2)NC(=S)N1CCCO. The Hall–Kier alpha value is -1.96. The summed E-state index contributed by atoms with van der Waals surface area (Å²) in [5, 5.41) is 13.4. The molecule has 1 aliphatic heterocycles. The van der Waals surface area contributed by atoms with Gasteiger partial charge in [0.25, 0.3) is 0 Å². The zero-order chi connectivity index (χ0) is 17.6. The van der Waals surface area contributed by atoms with Crippen LogP contribution in [-0.4, -0.2) is 51.5 Å². The molecular formula is C18H24N4O2S. The molecule has 1 saturated heterocycles. The molecule has 0 amide bonds. The number of hydrogen-bond acceptors (Lipinski definition) is 4. The van der Waals surface area contributed by atoms with Crippen LogP contribution in [-0.2, 0) is 11.3 Å². The third kappa shape index (κ3) is 3.84. The molecule has 0 spiro atoms. The van der Waals surface area contributed by atoms with Crippen molar-refractivity contribution in [1.82, 2.24) is 19.8 Å². The van der Waals surface area contributed by atoms with Crippen LogP contribution in [0.3, 0.4) is 0 Å². The summed E-state index contributed by atoms with van der Waals surface area (Å²) in [6, 6.07) is 10.1. The zero-order valence-electron chi connectivity index (χ0n) is 14.3. The normalized spacial score (nSPS) is 20.1. The summed E-state index contributed by atoms with van der Waals surface area (Å²) in [5.74, 6) is 0. The van der Waals surface area contributed by atoms with E-state index in [4.69, 9.17) is 17.0 Å². The van der Waals surface area contributed by atoms with Crippen LogP contribution < -0.4 is 5.32 Å². The summed E-state index contributed by atoms with van der Waals surface area (Å²) in [6.45, 7) is 2.28. The molecule has 134 valence electrons. The van der Waals surface area contributed by atoms with E-state index < -0.39 is 0 Å². The van der Waals surface area contributed by atoms with Gasteiger partial charge in [0, 0.05) is 44.9 Å². The van der Waals surface area contributed by atoms with Crippen molar-refractivity contribution in [2.75, 3.05) is 26.9 Å². The lowest BCUT2D eigenvalue weighted by atomic mass is 10.0. The van der Waals surface area contributed by atoms with Crippen LogP contribution in [0, 0.1) is 0 Å². The maximum atomic E-state index is 9.26. The first-order valence-electron chi connectivity index (χ1n) is 8.49.